The minimum atomic E-state index is -1.34. The Bertz CT molecular complexity index is 1010. The number of benzene rings is 1. The van der Waals surface area contributed by atoms with Crippen LogP contribution in [0.4, 0.5) is 4.79 Å². The quantitative estimate of drug-likeness (QED) is 0.495. The Labute approximate surface area is 191 Å². The van der Waals surface area contributed by atoms with Crippen LogP contribution in [0, 0.1) is 5.41 Å². The molecular weight excluding hydrogens is 432 g/mol. The monoisotopic (exact) mass is 461 g/mol. The standard InChI is InChI=1S/C23H30N2O6S/c1-5-7-15-17(9-8-14-16(13-23(2,3)4)24-31-20(14)15)30-11-6-10-25-21(28)18(12-19(26)27)32-22(25)29/h8-9,18H,5-7,10-13H2,1-4H3,(H,26,27)/p-1. The van der Waals surface area contributed by atoms with Crippen molar-refractivity contribution < 1.29 is 28.8 Å². The summed E-state index contributed by atoms with van der Waals surface area (Å²) < 4.78 is 11.7. The number of ether oxygens (including phenoxy) is 1. The molecule has 1 unspecified atom stereocenters. The summed E-state index contributed by atoms with van der Waals surface area (Å²) in [5.74, 6) is -1.11. The van der Waals surface area contributed by atoms with E-state index in [0.717, 1.165) is 58.2 Å². The first-order chi connectivity index (χ1) is 15.1. The Balaban J connectivity index is 1.65. The maximum absolute atomic E-state index is 12.2. The van der Waals surface area contributed by atoms with E-state index in [0.29, 0.717) is 18.8 Å². The highest BCUT2D eigenvalue weighted by molar-refractivity contribution is 8.15. The first-order valence-electron chi connectivity index (χ1n) is 10.9. The van der Waals surface area contributed by atoms with Crippen molar-refractivity contribution in [2.75, 3.05) is 13.2 Å². The molecule has 8 nitrogen and oxygen atoms in total. The second-order valence-electron chi connectivity index (χ2n) is 9.18. The van der Waals surface area contributed by atoms with Crippen LogP contribution in [0.3, 0.4) is 0 Å². The van der Waals surface area contributed by atoms with Crippen LogP contribution < -0.4 is 9.84 Å². The number of carboxylic acid groups (broad SMARTS) is 1. The number of rotatable bonds is 10. The van der Waals surface area contributed by atoms with E-state index in [1.165, 1.54) is 0 Å². The van der Waals surface area contributed by atoms with Crippen LogP contribution in [0.2, 0.25) is 0 Å². The van der Waals surface area contributed by atoms with Crippen molar-refractivity contribution in [2.24, 2.45) is 5.41 Å². The number of hydrogen-bond acceptors (Lipinski definition) is 8. The Morgan fingerprint density at radius 1 is 1.31 bits per heavy atom. The zero-order valence-corrected chi connectivity index (χ0v) is 19.8. The molecule has 174 valence electrons. The van der Waals surface area contributed by atoms with E-state index in [1.54, 1.807) is 0 Å². The summed E-state index contributed by atoms with van der Waals surface area (Å²) in [6, 6.07) is 3.89. The molecule has 1 saturated heterocycles. The van der Waals surface area contributed by atoms with Gasteiger partial charge in [-0.05, 0) is 36.8 Å². The summed E-state index contributed by atoms with van der Waals surface area (Å²) in [6.07, 6.45) is 2.48. The van der Waals surface area contributed by atoms with E-state index in [4.69, 9.17) is 9.26 Å². The lowest BCUT2D eigenvalue weighted by atomic mass is 9.89. The van der Waals surface area contributed by atoms with Crippen molar-refractivity contribution in [3.63, 3.8) is 0 Å². The first-order valence-corrected chi connectivity index (χ1v) is 11.7. The molecule has 0 radical (unpaired) electrons. The van der Waals surface area contributed by atoms with Gasteiger partial charge >= 0.3 is 0 Å². The minimum Gasteiger partial charge on any atom is -0.550 e. The van der Waals surface area contributed by atoms with Crippen molar-refractivity contribution in [3.8, 4) is 5.75 Å². The summed E-state index contributed by atoms with van der Waals surface area (Å²) in [4.78, 5) is 36.1. The molecule has 0 N–H and O–H groups in total. The summed E-state index contributed by atoms with van der Waals surface area (Å²) in [7, 11) is 0. The average molecular weight is 462 g/mol. The molecule has 2 heterocycles. The van der Waals surface area contributed by atoms with Gasteiger partial charge in [0, 0.05) is 29.9 Å². The fraction of sp³-hybridized carbons (Fsp3) is 0.565. The van der Waals surface area contributed by atoms with Crippen LogP contribution in [0.5, 0.6) is 5.75 Å². The third-order valence-corrected chi connectivity index (χ3v) is 6.19. The van der Waals surface area contributed by atoms with Gasteiger partial charge in [-0.3, -0.25) is 14.5 Å². The SMILES string of the molecule is CCCc1c(OCCCN2C(=O)SC(CC(=O)[O-])C2=O)ccc2c(CC(C)(C)C)noc12. The van der Waals surface area contributed by atoms with Crippen molar-refractivity contribution in [1.82, 2.24) is 10.1 Å². The number of fused-ring (bicyclic) bond motifs is 1. The van der Waals surface area contributed by atoms with Gasteiger partial charge in [0.15, 0.2) is 5.58 Å². The molecule has 2 amide bonds. The molecule has 1 aliphatic rings. The van der Waals surface area contributed by atoms with Gasteiger partial charge in [0.25, 0.3) is 5.24 Å². The molecule has 9 heteroatoms. The molecule has 3 rings (SSSR count). The Morgan fingerprint density at radius 2 is 2.06 bits per heavy atom. The summed E-state index contributed by atoms with van der Waals surface area (Å²) in [5.41, 5.74) is 2.74. The van der Waals surface area contributed by atoms with Crippen LogP contribution >= 0.6 is 11.8 Å². The number of nitrogens with zero attached hydrogens (tertiary/aromatic N) is 2. The predicted octanol–water partition coefficient (Wildman–Crippen LogP) is 3.34. The number of thioether (sulfide) groups is 1. The molecule has 1 atom stereocenters. The number of amides is 2. The smallest absolute Gasteiger partial charge is 0.289 e. The van der Waals surface area contributed by atoms with Gasteiger partial charge < -0.3 is 19.2 Å². The lowest BCUT2D eigenvalue weighted by Crippen LogP contribution is -2.35. The van der Waals surface area contributed by atoms with E-state index in [1.807, 2.05) is 12.1 Å². The van der Waals surface area contributed by atoms with Crippen LogP contribution in [0.1, 0.15) is 58.2 Å². The highest BCUT2D eigenvalue weighted by atomic mass is 32.2. The Kier molecular flexibility index (Phi) is 7.48. The molecule has 2 aromatic rings. The number of aliphatic carboxylic acids is 1. The number of carboxylic acids is 1. The van der Waals surface area contributed by atoms with E-state index < -0.39 is 28.8 Å². The fourth-order valence-electron chi connectivity index (χ4n) is 3.73. The second-order valence-corrected chi connectivity index (χ2v) is 10.3. The lowest BCUT2D eigenvalue weighted by Gasteiger charge is -2.16. The predicted molar refractivity (Wildman–Crippen MR) is 119 cm³/mol. The summed E-state index contributed by atoms with van der Waals surface area (Å²) >= 11 is 0.737. The molecule has 1 aromatic carbocycles. The van der Waals surface area contributed by atoms with Gasteiger partial charge in [-0.25, -0.2) is 0 Å². The number of aryl methyl sites for hydroxylation is 1. The molecule has 1 aromatic heterocycles. The number of hydrogen-bond donors (Lipinski definition) is 0. The maximum atomic E-state index is 12.2. The van der Waals surface area contributed by atoms with Crippen LogP contribution in [-0.2, 0) is 22.4 Å². The topological polar surface area (TPSA) is 113 Å². The average Bonchev–Trinajstić information content (AvgIpc) is 3.20. The largest absolute Gasteiger partial charge is 0.550 e. The Morgan fingerprint density at radius 3 is 2.72 bits per heavy atom. The van der Waals surface area contributed by atoms with Gasteiger partial charge in [0.1, 0.15) is 5.75 Å². The molecule has 0 spiro atoms. The molecule has 1 aliphatic heterocycles. The second kappa shape index (κ2) is 9.94. The third kappa shape index (κ3) is 5.62. The van der Waals surface area contributed by atoms with Gasteiger partial charge in [-0.2, -0.15) is 0 Å². The molecule has 0 saturated carbocycles. The summed E-state index contributed by atoms with van der Waals surface area (Å²) in [5, 5.41) is 14.7. The van der Waals surface area contributed by atoms with Crippen LogP contribution in [-0.4, -0.2) is 45.6 Å². The van der Waals surface area contributed by atoms with Crippen molar-refractivity contribution in [1.29, 1.82) is 0 Å². The van der Waals surface area contributed by atoms with Gasteiger partial charge in [-0.1, -0.05) is 51.0 Å². The molecule has 1 fully saturated rings. The van der Waals surface area contributed by atoms with Gasteiger partial charge in [0.05, 0.1) is 17.6 Å². The first kappa shape index (κ1) is 24.1. The molecular formula is C23H29N2O6S-. The van der Waals surface area contributed by atoms with E-state index >= 15 is 0 Å². The fourth-order valence-corrected chi connectivity index (χ4v) is 4.73. The van der Waals surface area contributed by atoms with Crippen LogP contribution in [0.25, 0.3) is 11.0 Å². The van der Waals surface area contributed by atoms with Crippen LogP contribution in [0.15, 0.2) is 16.7 Å². The molecule has 0 aliphatic carbocycles. The molecule has 32 heavy (non-hydrogen) atoms. The minimum absolute atomic E-state index is 0.0899. The van der Waals surface area contributed by atoms with E-state index in [9.17, 15) is 19.5 Å². The molecule has 0 bridgehead atoms. The van der Waals surface area contributed by atoms with Crippen molar-refractivity contribution >= 4 is 39.8 Å². The van der Waals surface area contributed by atoms with Gasteiger partial charge in [-0.15, -0.1) is 0 Å². The normalized spacial score (nSPS) is 16.9. The van der Waals surface area contributed by atoms with Crippen molar-refractivity contribution in [2.45, 2.75) is 65.0 Å². The lowest BCUT2D eigenvalue weighted by molar-refractivity contribution is -0.305. The van der Waals surface area contributed by atoms with Crippen molar-refractivity contribution in [3.05, 3.63) is 23.4 Å². The Hall–Kier alpha value is -2.55. The van der Waals surface area contributed by atoms with E-state index in [2.05, 4.69) is 32.9 Å². The maximum Gasteiger partial charge on any atom is 0.289 e. The zero-order valence-electron chi connectivity index (χ0n) is 18.9. The van der Waals surface area contributed by atoms with Gasteiger partial charge in [0.2, 0.25) is 5.91 Å². The number of aromatic nitrogens is 1. The number of carbonyl (C=O) groups excluding carboxylic acids is 3. The zero-order chi connectivity index (χ0) is 23.5. The van der Waals surface area contributed by atoms with E-state index in [-0.39, 0.29) is 12.0 Å². The number of imide groups is 1. The number of carbonyl (C=O) groups is 3. The highest BCUT2D eigenvalue weighted by Gasteiger charge is 2.39. The highest BCUT2D eigenvalue weighted by Crippen LogP contribution is 2.34. The third-order valence-electron chi connectivity index (χ3n) is 5.11. The summed E-state index contributed by atoms with van der Waals surface area (Å²) in [6.45, 7) is 9.04.